The number of aryl methyl sites for hydroxylation is 1. The van der Waals surface area contributed by atoms with E-state index in [4.69, 9.17) is 11.1 Å². The van der Waals surface area contributed by atoms with Gasteiger partial charge in [-0.3, -0.25) is 5.41 Å². The smallest absolute Gasteiger partial charge is 0.323 e. The lowest BCUT2D eigenvalue weighted by Gasteiger charge is -2.09. The second-order valence-corrected chi connectivity index (χ2v) is 4.56. The summed E-state index contributed by atoms with van der Waals surface area (Å²) in [6, 6.07) is 10.6. The first-order valence-corrected chi connectivity index (χ1v) is 6.24. The molecule has 0 heterocycles. The maximum atomic E-state index is 13.8. The van der Waals surface area contributed by atoms with Crippen molar-refractivity contribution in [2.75, 3.05) is 10.6 Å². The third-order valence-corrected chi connectivity index (χ3v) is 2.80. The van der Waals surface area contributed by atoms with Crippen molar-refractivity contribution in [2.24, 2.45) is 5.73 Å². The summed E-state index contributed by atoms with van der Waals surface area (Å²) < 4.78 is 13.8. The molecule has 0 aliphatic rings. The number of nitrogen functional groups attached to an aromatic ring is 1. The van der Waals surface area contributed by atoms with Crippen molar-refractivity contribution in [1.29, 1.82) is 5.41 Å². The van der Waals surface area contributed by atoms with Crippen LogP contribution in [0, 0.1) is 18.2 Å². The van der Waals surface area contributed by atoms with Gasteiger partial charge in [-0.15, -0.1) is 0 Å². The number of nitrogens with one attached hydrogen (secondary N) is 3. The number of amidine groups is 1. The van der Waals surface area contributed by atoms with Crippen molar-refractivity contribution >= 4 is 23.2 Å². The van der Waals surface area contributed by atoms with Gasteiger partial charge in [0.25, 0.3) is 0 Å². The van der Waals surface area contributed by atoms with E-state index < -0.39 is 11.8 Å². The average Bonchev–Trinajstić information content (AvgIpc) is 2.40. The highest BCUT2D eigenvalue weighted by atomic mass is 19.1. The molecule has 2 rings (SSSR count). The summed E-state index contributed by atoms with van der Waals surface area (Å²) in [4.78, 5) is 11.8. The summed E-state index contributed by atoms with van der Waals surface area (Å²) in [5.74, 6) is -0.883. The molecule has 0 atom stereocenters. The lowest BCUT2D eigenvalue weighted by atomic mass is 10.2. The minimum Gasteiger partial charge on any atom is -0.384 e. The van der Waals surface area contributed by atoms with Crippen LogP contribution in [-0.2, 0) is 0 Å². The summed E-state index contributed by atoms with van der Waals surface area (Å²) in [5, 5.41) is 12.2. The van der Waals surface area contributed by atoms with Crippen molar-refractivity contribution in [2.45, 2.75) is 6.92 Å². The van der Waals surface area contributed by atoms with Crippen LogP contribution in [0.15, 0.2) is 42.5 Å². The molecule has 2 amide bonds. The van der Waals surface area contributed by atoms with Crippen LogP contribution in [0.1, 0.15) is 11.1 Å². The molecule has 0 saturated heterocycles. The highest BCUT2D eigenvalue weighted by molar-refractivity contribution is 6.00. The zero-order valence-electron chi connectivity index (χ0n) is 11.4. The molecule has 0 spiro atoms. The second kappa shape index (κ2) is 6.04. The Balaban J connectivity index is 2.08. The lowest BCUT2D eigenvalue weighted by Crippen LogP contribution is -2.20. The molecule has 0 fully saturated rings. The predicted molar refractivity (Wildman–Crippen MR) is 81.2 cm³/mol. The van der Waals surface area contributed by atoms with Gasteiger partial charge in [0.15, 0.2) is 0 Å². The van der Waals surface area contributed by atoms with E-state index in [0.717, 1.165) is 11.6 Å². The Morgan fingerprint density at radius 2 is 1.95 bits per heavy atom. The molecule has 0 aromatic heterocycles. The summed E-state index contributed by atoms with van der Waals surface area (Å²) in [6.07, 6.45) is 0. The molecule has 2 aromatic rings. The van der Waals surface area contributed by atoms with Crippen molar-refractivity contribution in [1.82, 2.24) is 0 Å². The van der Waals surface area contributed by atoms with Crippen LogP contribution in [-0.4, -0.2) is 11.9 Å². The number of nitrogens with two attached hydrogens (primary N) is 1. The Hall–Kier alpha value is -2.89. The minimum atomic E-state index is -0.651. The van der Waals surface area contributed by atoms with Crippen LogP contribution < -0.4 is 16.4 Å². The number of carbonyl (C=O) groups excluding carboxylic acids is 1. The molecule has 5 N–H and O–H groups in total. The van der Waals surface area contributed by atoms with E-state index in [2.05, 4.69) is 10.6 Å². The van der Waals surface area contributed by atoms with Crippen LogP contribution in [0.5, 0.6) is 0 Å². The average molecular weight is 286 g/mol. The lowest BCUT2D eigenvalue weighted by molar-refractivity contribution is 0.262. The summed E-state index contributed by atoms with van der Waals surface area (Å²) in [5.41, 5.74) is 7.17. The number of rotatable bonds is 3. The molecule has 0 radical (unpaired) electrons. The first kappa shape index (κ1) is 14.5. The normalized spacial score (nSPS) is 10.0. The van der Waals surface area contributed by atoms with Crippen LogP contribution in [0.3, 0.4) is 0 Å². The molecular formula is C15H15FN4O. The number of benzene rings is 2. The molecule has 2 aromatic carbocycles. The summed E-state index contributed by atoms with van der Waals surface area (Å²) >= 11 is 0. The van der Waals surface area contributed by atoms with Crippen molar-refractivity contribution < 1.29 is 9.18 Å². The molecule has 6 heteroatoms. The van der Waals surface area contributed by atoms with Crippen LogP contribution in [0.2, 0.25) is 0 Å². The minimum absolute atomic E-state index is 0.0187. The van der Waals surface area contributed by atoms with Gasteiger partial charge < -0.3 is 16.4 Å². The van der Waals surface area contributed by atoms with E-state index in [1.165, 1.54) is 12.1 Å². The van der Waals surface area contributed by atoms with Crippen LogP contribution >= 0.6 is 0 Å². The molecule has 21 heavy (non-hydrogen) atoms. The van der Waals surface area contributed by atoms with Crippen LogP contribution in [0.25, 0.3) is 0 Å². The zero-order valence-corrected chi connectivity index (χ0v) is 11.4. The molecule has 0 saturated carbocycles. The zero-order chi connectivity index (χ0) is 15.4. The number of halogens is 1. The van der Waals surface area contributed by atoms with E-state index in [0.29, 0.717) is 5.69 Å². The third kappa shape index (κ3) is 3.79. The van der Waals surface area contributed by atoms with E-state index in [-0.39, 0.29) is 17.1 Å². The second-order valence-electron chi connectivity index (χ2n) is 4.56. The highest BCUT2D eigenvalue weighted by Crippen LogP contribution is 2.16. The number of carbonyl (C=O) groups is 1. The molecule has 108 valence electrons. The molecule has 5 nitrogen and oxygen atoms in total. The van der Waals surface area contributed by atoms with Gasteiger partial charge in [-0.1, -0.05) is 12.1 Å². The number of urea groups is 1. The van der Waals surface area contributed by atoms with E-state index in [1.54, 1.807) is 12.1 Å². The van der Waals surface area contributed by atoms with Crippen molar-refractivity contribution in [3.63, 3.8) is 0 Å². The monoisotopic (exact) mass is 286 g/mol. The predicted octanol–water partition coefficient (Wildman–Crippen LogP) is 3.06. The molecule has 0 aliphatic carbocycles. The molecular weight excluding hydrogens is 271 g/mol. The largest absolute Gasteiger partial charge is 0.384 e. The van der Waals surface area contributed by atoms with Crippen molar-refractivity contribution in [3.8, 4) is 0 Å². The van der Waals surface area contributed by atoms with Gasteiger partial charge in [0, 0.05) is 11.3 Å². The molecule has 0 unspecified atom stereocenters. The standard InChI is InChI=1S/C15H15FN4O/c1-9-3-2-4-11(7-9)19-15(21)20-13-6-5-10(14(17)18)8-12(13)16/h2-8H,1H3,(H3,17,18)(H2,19,20,21). The summed E-state index contributed by atoms with van der Waals surface area (Å²) in [7, 11) is 0. The molecule has 0 bridgehead atoms. The summed E-state index contributed by atoms with van der Waals surface area (Å²) in [6.45, 7) is 1.91. The fraction of sp³-hybridized carbons (Fsp3) is 0.0667. The van der Waals surface area contributed by atoms with E-state index in [9.17, 15) is 9.18 Å². The van der Waals surface area contributed by atoms with Gasteiger partial charge >= 0.3 is 6.03 Å². The van der Waals surface area contributed by atoms with Gasteiger partial charge in [-0.25, -0.2) is 9.18 Å². The fourth-order valence-corrected chi connectivity index (χ4v) is 1.79. The Labute approximate surface area is 121 Å². The fourth-order valence-electron chi connectivity index (χ4n) is 1.79. The SMILES string of the molecule is Cc1cccc(NC(=O)Nc2ccc(C(=N)N)cc2F)c1. The first-order chi connectivity index (χ1) is 9.95. The van der Waals surface area contributed by atoms with Gasteiger partial charge in [-0.2, -0.15) is 0 Å². The van der Waals surface area contributed by atoms with Gasteiger partial charge in [-0.05, 0) is 42.8 Å². The number of amides is 2. The Kier molecular flexibility index (Phi) is 4.18. The third-order valence-electron chi connectivity index (χ3n) is 2.80. The highest BCUT2D eigenvalue weighted by Gasteiger charge is 2.09. The van der Waals surface area contributed by atoms with Gasteiger partial charge in [0.05, 0.1) is 5.69 Å². The first-order valence-electron chi connectivity index (χ1n) is 6.24. The number of anilines is 2. The van der Waals surface area contributed by atoms with E-state index >= 15 is 0 Å². The molecule has 0 aliphatic heterocycles. The van der Waals surface area contributed by atoms with Crippen LogP contribution in [0.4, 0.5) is 20.6 Å². The number of hydrogen-bond acceptors (Lipinski definition) is 2. The van der Waals surface area contributed by atoms with Gasteiger partial charge in [0.1, 0.15) is 11.7 Å². The Bertz CT molecular complexity index is 700. The quantitative estimate of drug-likeness (QED) is 0.516. The number of hydrogen-bond donors (Lipinski definition) is 4. The maximum Gasteiger partial charge on any atom is 0.323 e. The Morgan fingerprint density at radius 1 is 1.19 bits per heavy atom. The van der Waals surface area contributed by atoms with Gasteiger partial charge in [0.2, 0.25) is 0 Å². The maximum absolute atomic E-state index is 13.8. The Morgan fingerprint density at radius 3 is 2.57 bits per heavy atom. The van der Waals surface area contributed by atoms with Crippen molar-refractivity contribution in [3.05, 3.63) is 59.4 Å². The topological polar surface area (TPSA) is 91.0 Å². The van der Waals surface area contributed by atoms with E-state index in [1.807, 2.05) is 19.1 Å².